The molecule has 0 aliphatic carbocycles. The fourth-order valence-corrected chi connectivity index (χ4v) is 2.85. The Morgan fingerprint density at radius 2 is 2.13 bits per heavy atom. The first-order valence-electron chi connectivity index (χ1n) is 7.29. The molecular formula is C16H17N3O4. The molecule has 23 heavy (non-hydrogen) atoms. The molecule has 1 aromatic heterocycles. The maximum atomic E-state index is 12.2. The van der Waals surface area contributed by atoms with Gasteiger partial charge in [-0.3, -0.25) is 14.4 Å². The van der Waals surface area contributed by atoms with Gasteiger partial charge in [0.1, 0.15) is 6.54 Å². The zero-order valence-electron chi connectivity index (χ0n) is 12.7. The number of hydrogen-bond donors (Lipinski definition) is 2. The van der Waals surface area contributed by atoms with Gasteiger partial charge in [0, 0.05) is 42.8 Å². The number of amides is 2. The van der Waals surface area contributed by atoms with E-state index in [4.69, 9.17) is 5.11 Å². The maximum Gasteiger partial charge on any atom is 0.323 e. The number of hydrogen-bond acceptors (Lipinski definition) is 3. The summed E-state index contributed by atoms with van der Waals surface area (Å²) in [5.74, 6) is -1.44. The van der Waals surface area contributed by atoms with E-state index in [1.54, 1.807) is 47.0 Å². The molecule has 0 bridgehead atoms. The lowest BCUT2D eigenvalue weighted by Gasteiger charge is -2.11. The van der Waals surface area contributed by atoms with Gasteiger partial charge in [0.05, 0.1) is 5.92 Å². The van der Waals surface area contributed by atoms with Gasteiger partial charge in [0.25, 0.3) is 0 Å². The summed E-state index contributed by atoms with van der Waals surface area (Å²) >= 11 is 0. The van der Waals surface area contributed by atoms with Crippen molar-refractivity contribution in [1.82, 2.24) is 9.47 Å². The molecule has 1 unspecified atom stereocenters. The molecule has 2 aromatic rings. The van der Waals surface area contributed by atoms with Crippen LogP contribution in [0.5, 0.6) is 0 Å². The third-order valence-electron chi connectivity index (χ3n) is 4.06. The van der Waals surface area contributed by atoms with Crippen molar-refractivity contribution in [3.05, 3.63) is 30.5 Å². The number of carboxylic acid groups (broad SMARTS) is 1. The number of nitrogens with zero attached hydrogens (tertiary/aromatic N) is 2. The molecule has 120 valence electrons. The molecule has 0 spiro atoms. The van der Waals surface area contributed by atoms with Crippen LogP contribution in [0.25, 0.3) is 10.9 Å². The van der Waals surface area contributed by atoms with Gasteiger partial charge >= 0.3 is 5.97 Å². The van der Waals surface area contributed by atoms with Crippen LogP contribution in [0.2, 0.25) is 0 Å². The third kappa shape index (κ3) is 3.03. The lowest BCUT2D eigenvalue weighted by atomic mass is 10.1. The number of rotatable bonds is 4. The standard InChI is InChI=1S/C16H17N3O4/c1-18-8-11(7-14(18)20)16(23)17-12-2-3-13-10(6-12)4-5-19(13)9-15(21)22/h2-6,11H,7-9H2,1H3,(H,17,23)(H,21,22). The Morgan fingerprint density at radius 1 is 1.35 bits per heavy atom. The Balaban J connectivity index is 1.75. The van der Waals surface area contributed by atoms with Crippen molar-refractivity contribution in [1.29, 1.82) is 0 Å². The molecule has 1 aliphatic heterocycles. The molecule has 3 rings (SSSR count). The number of nitrogens with one attached hydrogen (secondary N) is 1. The molecule has 7 nitrogen and oxygen atoms in total. The minimum atomic E-state index is -0.908. The van der Waals surface area contributed by atoms with E-state index in [1.807, 2.05) is 0 Å². The Labute approximate surface area is 132 Å². The molecule has 1 saturated heterocycles. The van der Waals surface area contributed by atoms with Gasteiger partial charge in [-0.25, -0.2) is 0 Å². The Bertz CT molecular complexity index is 796. The normalized spacial score (nSPS) is 17.7. The van der Waals surface area contributed by atoms with E-state index in [2.05, 4.69) is 5.32 Å². The van der Waals surface area contributed by atoms with Crippen LogP contribution in [0.4, 0.5) is 5.69 Å². The lowest BCUT2D eigenvalue weighted by Crippen LogP contribution is -2.25. The number of anilines is 1. The van der Waals surface area contributed by atoms with Gasteiger partial charge < -0.3 is 19.9 Å². The van der Waals surface area contributed by atoms with E-state index in [0.717, 1.165) is 10.9 Å². The van der Waals surface area contributed by atoms with E-state index in [-0.39, 0.29) is 30.7 Å². The highest BCUT2D eigenvalue weighted by Crippen LogP contribution is 2.23. The Hall–Kier alpha value is -2.83. The molecule has 7 heteroatoms. The minimum absolute atomic E-state index is 0.0219. The fraction of sp³-hybridized carbons (Fsp3) is 0.312. The SMILES string of the molecule is CN1CC(C(=O)Nc2ccc3c(ccn3CC(=O)O)c2)CC1=O. The number of fused-ring (bicyclic) bond motifs is 1. The zero-order chi connectivity index (χ0) is 16.6. The van der Waals surface area contributed by atoms with Crippen molar-refractivity contribution >= 4 is 34.4 Å². The van der Waals surface area contributed by atoms with E-state index in [0.29, 0.717) is 12.2 Å². The first kappa shape index (κ1) is 15.1. The molecule has 1 aliphatic rings. The van der Waals surface area contributed by atoms with E-state index in [1.165, 1.54) is 0 Å². The second kappa shape index (κ2) is 5.75. The average Bonchev–Trinajstić information content (AvgIpc) is 3.03. The van der Waals surface area contributed by atoms with Crippen molar-refractivity contribution in [3.8, 4) is 0 Å². The maximum absolute atomic E-state index is 12.2. The van der Waals surface area contributed by atoms with Crippen LogP contribution in [0.3, 0.4) is 0 Å². The van der Waals surface area contributed by atoms with Gasteiger partial charge in [-0.15, -0.1) is 0 Å². The van der Waals surface area contributed by atoms with Crippen LogP contribution < -0.4 is 5.32 Å². The summed E-state index contributed by atoms with van der Waals surface area (Å²) in [7, 11) is 1.69. The number of benzene rings is 1. The summed E-state index contributed by atoms with van der Waals surface area (Å²) in [6, 6.07) is 7.12. The van der Waals surface area contributed by atoms with Crippen LogP contribution in [-0.2, 0) is 20.9 Å². The van der Waals surface area contributed by atoms with E-state index in [9.17, 15) is 14.4 Å². The Kier molecular flexibility index (Phi) is 3.77. The molecule has 2 N–H and O–H groups in total. The summed E-state index contributed by atoms with van der Waals surface area (Å²) in [5, 5.41) is 12.5. The van der Waals surface area contributed by atoms with Gasteiger partial charge in [-0.2, -0.15) is 0 Å². The third-order valence-corrected chi connectivity index (χ3v) is 4.06. The highest BCUT2D eigenvalue weighted by Gasteiger charge is 2.32. The summed E-state index contributed by atoms with van der Waals surface area (Å²) < 4.78 is 1.63. The van der Waals surface area contributed by atoms with Gasteiger partial charge in [-0.1, -0.05) is 0 Å². The summed E-state index contributed by atoms with van der Waals surface area (Å²) in [5.41, 5.74) is 1.43. The minimum Gasteiger partial charge on any atom is -0.480 e. The topological polar surface area (TPSA) is 91.6 Å². The quantitative estimate of drug-likeness (QED) is 0.885. The number of aliphatic carboxylic acids is 1. The van der Waals surface area contributed by atoms with Crippen molar-refractivity contribution < 1.29 is 19.5 Å². The van der Waals surface area contributed by atoms with Crippen molar-refractivity contribution in [2.45, 2.75) is 13.0 Å². The van der Waals surface area contributed by atoms with Crippen LogP contribution in [-0.4, -0.2) is 45.9 Å². The Morgan fingerprint density at radius 3 is 2.78 bits per heavy atom. The predicted molar refractivity (Wildman–Crippen MR) is 83.9 cm³/mol. The molecule has 0 saturated carbocycles. The van der Waals surface area contributed by atoms with Crippen molar-refractivity contribution in [2.24, 2.45) is 5.92 Å². The van der Waals surface area contributed by atoms with Gasteiger partial charge in [0.2, 0.25) is 11.8 Å². The van der Waals surface area contributed by atoms with E-state index < -0.39 is 5.97 Å². The monoisotopic (exact) mass is 315 g/mol. The molecule has 1 fully saturated rings. The first-order chi connectivity index (χ1) is 10.9. The molecule has 1 atom stereocenters. The second-order valence-electron chi connectivity index (χ2n) is 5.78. The van der Waals surface area contributed by atoms with Crippen LogP contribution in [0, 0.1) is 5.92 Å². The molecule has 0 radical (unpaired) electrons. The highest BCUT2D eigenvalue weighted by molar-refractivity contribution is 5.98. The molecule has 2 heterocycles. The van der Waals surface area contributed by atoms with Crippen LogP contribution in [0.15, 0.2) is 30.5 Å². The smallest absolute Gasteiger partial charge is 0.323 e. The lowest BCUT2D eigenvalue weighted by molar-refractivity contribution is -0.137. The molecular weight excluding hydrogens is 298 g/mol. The van der Waals surface area contributed by atoms with Crippen LogP contribution >= 0.6 is 0 Å². The number of carbonyl (C=O) groups excluding carboxylic acids is 2. The predicted octanol–water partition coefficient (Wildman–Crippen LogP) is 1.14. The number of likely N-dealkylation sites (tertiary alicyclic amines) is 1. The largest absolute Gasteiger partial charge is 0.480 e. The number of aromatic nitrogens is 1. The fourth-order valence-electron chi connectivity index (χ4n) is 2.85. The first-order valence-corrected chi connectivity index (χ1v) is 7.29. The molecule has 2 amide bonds. The number of carboxylic acids is 1. The zero-order valence-corrected chi connectivity index (χ0v) is 12.7. The van der Waals surface area contributed by atoms with Crippen molar-refractivity contribution in [2.75, 3.05) is 18.9 Å². The number of carbonyl (C=O) groups is 3. The van der Waals surface area contributed by atoms with Gasteiger partial charge in [0.15, 0.2) is 0 Å². The summed E-state index contributed by atoms with van der Waals surface area (Å²) in [4.78, 5) is 36.1. The average molecular weight is 315 g/mol. The van der Waals surface area contributed by atoms with E-state index >= 15 is 0 Å². The summed E-state index contributed by atoms with van der Waals surface area (Å²) in [6.45, 7) is 0.327. The summed E-state index contributed by atoms with van der Waals surface area (Å²) in [6.07, 6.45) is 1.94. The second-order valence-corrected chi connectivity index (χ2v) is 5.78. The van der Waals surface area contributed by atoms with Crippen LogP contribution in [0.1, 0.15) is 6.42 Å². The molecule has 1 aromatic carbocycles. The highest BCUT2D eigenvalue weighted by atomic mass is 16.4. The van der Waals surface area contributed by atoms with Gasteiger partial charge in [-0.05, 0) is 24.3 Å². The van der Waals surface area contributed by atoms with Crippen molar-refractivity contribution in [3.63, 3.8) is 0 Å².